The van der Waals surface area contributed by atoms with Crippen molar-refractivity contribution in [1.29, 1.82) is 0 Å². The Morgan fingerprint density at radius 2 is 1.22 bits per heavy atom. The van der Waals surface area contributed by atoms with Crippen LogP contribution in [0.25, 0.3) is 22.5 Å². The molecule has 15 unspecified atom stereocenters. The van der Waals surface area contributed by atoms with E-state index in [1.165, 1.54) is 72.2 Å². The van der Waals surface area contributed by atoms with Crippen molar-refractivity contribution >= 4 is 23.6 Å². The van der Waals surface area contributed by atoms with E-state index in [4.69, 9.17) is 33.2 Å². The fraction of sp³-hybridized carbons (Fsp3) is 0.701. The van der Waals surface area contributed by atoms with Crippen LogP contribution in [0.3, 0.4) is 0 Å². The standard InChI is InChI=1S/C67H97F2N11O20/c1-6-36-23-39(28-47(60(36)100-67-59(90)58(89)53(84)33(2)94-67)97-65-51(73-34(3)83)61(56(87)50(32-82)98-65)95-48(64(93)78(4)5)22-35-12-8-7-9-13-35)62(91)71-20-18-70-19-21-72-63(92)40-26-45(79-29-43(74-76-79)37-14-10-16-41(68)24-37)54(85)46(27-40)96-66-57(88)52(55(86)49(31-81)99-66)80-30-44(75-77-80)38-15-11-17-42(69)25-38/h10-11,14-17,24-25,29-30,33,35-36,39-40,45-61,65-67,70,81-82,84-90H,6-9,12-13,18-23,26-28,31-32H2,1-5H3,(H,71,91)(H,72,92)(H,73,83)/t33?,36?,39?,40?,45?,46-,47-,48+,49?,50?,51?,52?,53-,54?,55+,56+,57?,58?,59?,60?,61?,65-,66-,67+/m1/s1. The van der Waals surface area contributed by atoms with Crippen LogP contribution in [-0.2, 0) is 52.3 Å². The van der Waals surface area contributed by atoms with E-state index in [0.29, 0.717) is 24.0 Å². The molecule has 33 heteroatoms. The Balaban J connectivity index is 0.797. The van der Waals surface area contributed by atoms with Gasteiger partial charge >= 0.3 is 0 Å². The molecule has 3 aliphatic carbocycles. The van der Waals surface area contributed by atoms with E-state index in [-0.39, 0.29) is 81.0 Å². The predicted octanol–water partition coefficient (Wildman–Crippen LogP) is -0.889. The molecule has 3 aliphatic heterocycles. The SMILES string of the molecule is CCC1CC(C(=O)NCCNCCNC(=O)C2CC(n3cc(-c4cccc(F)c4)nn3)C(O)[C@H](O[C@@H]3OC(CO)[C@H](O)C(n4cc(-c5cccc(F)c5)nn4)C3O)C2)C[C@@H](O[C@@H]2OC(CO)[C@H](O)C(O[C@@H](CC3CCCCC3)C(=O)N(C)C)C2NC(C)=O)C1O[C@@H]1OC(C)[C@@H](O)C(O)C1O. The number of amides is 4. The molecule has 6 aliphatic rings. The molecule has 24 atom stereocenters. The molecule has 2 aromatic heterocycles. The molecule has 13 N–H and O–H groups in total. The summed E-state index contributed by atoms with van der Waals surface area (Å²) in [7, 11) is 3.18. The molecule has 0 radical (unpaired) electrons. The number of nitrogens with zero attached hydrogens (tertiary/aromatic N) is 7. The van der Waals surface area contributed by atoms with E-state index in [1.807, 2.05) is 6.92 Å². The summed E-state index contributed by atoms with van der Waals surface area (Å²) in [6, 6.07) is 7.56. The highest BCUT2D eigenvalue weighted by molar-refractivity contribution is 5.81. The van der Waals surface area contributed by atoms with Gasteiger partial charge in [0.15, 0.2) is 18.9 Å². The Kier molecular flexibility index (Phi) is 26.6. The molecule has 0 bridgehead atoms. The van der Waals surface area contributed by atoms with E-state index < -0.39 is 183 Å². The average Bonchev–Trinajstić information content (AvgIpc) is 1.72. The Labute approximate surface area is 577 Å². The fourth-order valence-corrected chi connectivity index (χ4v) is 14.7. The second-order valence-electron chi connectivity index (χ2n) is 27.4. The Bertz CT molecular complexity index is 3320. The van der Waals surface area contributed by atoms with Gasteiger partial charge in [0.1, 0.15) is 102 Å². The van der Waals surface area contributed by atoms with Gasteiger partial charge in [-0.05, 0) is 75.1 Å². The lowest BCUT2D eigenvalue weighted by atomic mass is 9.75. The van der Waals surface area contributed by atoms with Crippen molar-refractivity contribution in [1.82, 2.24) is 56.2 Å². The smallest absolute Gasteiger partial charge is 0.251 e. The first kappa shape index (κ1) is 76.4. The molecule has 3 saturated carbocycles. The summed E-state index contributed by atoms with van der Waals surface area (Å²) in [5, 5.41) is 129. The second kappa shape index (κ2) is 34.8. The van der Waals surface area contributed by atoms with E-state index in [0.717, 1.165) is 36.8 Å². The van der Waals surface area contributed by atoms with Gasteiger partial charge in [0.25, 0.3) is 5.91 Å². The van der Waals surface area contributed by atoms with E-state index >= 15 is 0 Å². The third kappa shape index (κ3) is 18.2. The lowest BCUT2D eigenvalue weighted by Gasteiger charge is -2.49. The topological polar surface area (TPSA) is 428 Å². The first-order chi connectivity index (χ1) is 47.9. The normalized spacial score (nSPS) is 34.6. The number of carbonyl (C=O) groups excluding carboxylic acids is 4. The average molecular weight is 1410 g/mol. The quantitative estimate of drug-likeness (QED) is 0.0322. The number of aliphatic hydroxyl groups is 9. The van der Waals surface area contributed by atoms with Gasteiger partial charge in [0.05, 0.1) is 56.1 Å². The summed E-state index contributed by atoms with van der Waals surface area (Å²) in [6.45, 7) is 3.77. The van der Waals surface area contributed by atoms with Crippen molar-refractivity contribution in [3.8, 4) is 22.5 Å². The number of carbonyl (C=O) groups is 4. The molecule has 6 fully saturated rings. The van der Waals surface area contributed by atoms with Gasteiger partial charge < -0.3 is 105 Å². The maximum absolute atomic E-state index is 14.4. The maximum Gasteiger partial charge on any atom is 0.251 e. The van der Waals surface area contributed by atoms with Crippen molar-refractivity contribution in [2.75, 3.05) is 53.5 Å². The lowest BCUT2D eigenvalue weighted by molar-refractivity contribution is -0.338. The minimum Gasteiger partial charge on any atom is -0.394 e. The van der Waals surface area contributed by atoms with E-state index in [1.54, 1.807) is 26.2 Å². The molecular formula is C67H97F2N11O20. The van der Waals surface area contributed by atoms with Gasteiger partial charge in [-0.1, -0.05) is 80.1 Å². The van der Waals surface area contributed by atoms with Crippen molar-refractivity contribution in [2.45, 2.75) is 220 Å². The van der Waals surface area contributed by atoms with Crippen LogP contribution in [0.4, 0.5) is 8.78 Å². The summed E-state index contributed by atoms with van der Waals surface area (Å²) in [4.78, 5) is 57.0. The molecule has 554 valence electrons. The molecule has 0 spiro atoms. The van der Waals surface area contributed by atoms with Crippen LogP contribution in [-0.4, -0.2) is 274 Å². The monoisotopic (exact) mass is 1410 g/mol. The van der Waals surface area contributed by atoms with Crippen LogP contribution in [0.1, 0.15) is 103 Å². The van der Waals surface area contributed by atoms with Gasteiger partial charge in [0.2, 0.25) is 17.7 Å². The number of hydrogen-bond donors (Lipinski definition) is 13. The lowest BCUT2D eigenvalue weighted by Crippen LogP contribution is -2.67. The number of likely N-dealkylation sites (N-methyl/N-ethyl adjacent to an activating group) is 1. The molecule has 10 rings (SSSR count). The number of ether oxygens (including phenoxy) is 7. The van der Waals surface area contributed by atoms with Crippen LogP contribution in [0.2, 0.25) is 0 Å². The Morgan fingerprint density at radius 1 is 0.650 bits per heavy atom. The van der Waals surface area contributed by atoms with Crippen molar-refractivity contribution in [2.24, 2.45) is 23.7 Å². The summed E-state index contributed by atoms with van der Waals surface area (Å²) >= 11 is 0. The van der Waals surface area contributed by atoms with Crippen LogP contribution in [0.15, 0.2) is 60.9 Å². The van der Waals surface area contributed by atoms with Crippen LogP contribution in [0.5, 0.6) is 0 Å². The first-order valence-corrected chi connectivity index (χ1v) is 34.6. The minimum absolute atomic E-state index is 0.00115. The summed E-state index contributed by atoms with van der Waals surface area (Å²) in [5.41, 5.74) is 1.22. The molecule has 100 heavy (non-hydrogen) atoms. The number of rotatable bonds is 27. The Morgan fingerprint density at radius 3 is 1.82 bits per heavy atom. The number of halogens is 2. The van der Waals surface area contributed by atoms with Crippen LogP contribution in [0, 0.1) is 35.3 Å². The van der Waals surface area contributed by atoms with Gasteiger partial charge in [-0.25, -0.2) is 18.1 Å². The molecule has 2 aromatic carbocycles. The zero-order valence-electron chi connectivity index (χ0n) is 56.6. The fourth-order valence-electron chi connectivity index (χ4n) is 14.7. The number of hydrogen-bond acceptors (Lipinski definition) is 25. The molecule has 4 aromatic rings. The summed E-state index contributed by atoms with van der Waals surface area (Å²) in [5.74, 6) is -4.81. The van der Waals surface area contributed by atoms with Gasteiger partial charge in [-0.2, -0.15) is 0 Å². The highest BCUT2D eigenvalue weighted by Gasteiger charge is 2.54. The van der Waals surface area contributed by atoms with Crippen LogP contribution < -0.4 is 21.3 Å². The summed E-state index contributed by atoms with van der Waals surface area (Å²) in [6.07, 6.45) is -16.8. The first-order valence-electron chi connectivity index (χ1n) is 34.6. The molecule has 3 saturated heterocycles. The van der Waals surface area contributed by atoms with E-state index in [9.17, 15) is 73.9 Å². The third-order valence-electron chi connectivity index (χ3n) is 20.2. The molecular weight excluding hydrogens is 1320 g/mol. The van der Waals surface area contributed by atoms with Crippen molar-refractivity contribution in [3.05, 3.63) is 72.6 Å². The summed E-state index contributed by atoms with van der Waals surface area (Å²) < 4.78 is 75.4. The number of aliphatic hydroxyl groups excluding tert-OH is 9. The number of aromatic nitrogens is 6. The highest BCUT2D eigenvalue weighted by atomic mass is 19.1. The van der Waals surface area contributed by atoms with Gasteiger partial charge in [-0.3, -0.25) is 19.2 Å². The predicted molar refractivity (Wildman–Crippen MR) is 346 cm³/mol. The van der Waals surface area contributed by atoms with Crippen molar-refractivity contribution in [3.63, 3.8) is 0 Å². The second-order valence-corrected chi connectivity index (χ2v) is 27.4. The molecule has 4 amide bonds. The third-order valence-corrected chi connectivity index (χ3v) is 20.2. The Hall–Kier alpha value is -6.22. The number of benzene rings is 2. The van der Waals surface area contributed by atoms with E-state index in [2.05, 4.69) is 41.9 Å². The van der Waals surface area contributed by atoms with Gasteiger partial charge in [-0.15, -0.1) is 10.2 Å². The zero-order valence-corrected chi connectivity index (χ0v) is 56.6. The highest BCUT2D eigenvalue weighted by Crippen LogP contribution is 2.42. The van der Waals surface area contributed by atoms with Gasteiger partial charge in [0, 0.05) is 70.2 Å². The molecule has 5 heterocycles. The minimum atomic E-state index is -1.72. The van der Waals surface area contributed by atoms with Crippen LogP contribution >= 0.6 is 0 Å². The van der Waals surface area contributed by atoms with Crippen molar-refractivity contribution < 1.29 is 107 Å². The largest absolute Gasteiger partial charge is 0.394 e. The number of nitrogens with one attached hydrogen (secondary N) is 4. The molecule has 31 nitrogen and oxygen atoms in total. The maximum atomic E-state index is 14.4. The zero-order chi connectivity index (χ0) is 71.6.